The lowest BCUT2D eigenvalue weighted by Gasteiger charge is -2.22. The lowest BCUT2D eigenvalue weighted by molar-refractivity contribution is 0.401. The van der Waals surface area contributed by atoms with Gasteiger partial charge in [-0.2, -0.15) is 9.49 Å². The van der Waals surface area contributed by atoms with Gasteiger partial charge in [0.05, 0.1) is 22.8 Å². The van der Waals surface area contributed by atoms with Crippen molar-refractivity contribution in [3.05, 3.63) is 70.2 Å². The van der Waals surface area contributed by atoms with Crippen LogP contribution in [-0.2, 0) is 19.3 Å². The average molecular weight is 319 g/mol. The van der Waals surface area contributed by atoms with Crippen LogP contribution in [0, 0.1) is 5.95 Å². The lowest BCUT2D eigenvalue weighted by atomic mass is 9.81. The molecule has 2 aliphatic heterocycles. The van der Waals surface area contributed by atoms with Crippen molar-refractivity contribution < 1.29 is 9.50 Å². The summed E-state index contributed by atoms with van der Waals surface area (Å²) >= 11 is 0. The van der Waals surface area contributed by atoms with Crippen molar-refractivity contribution in [3.8, 4) is 11.1 Å². The fourth-order valence-corrected chi connectivity index (χ4v) is 3.91. The molecule has 5 heteroatoms. The Balaban J connectivity index is 1.71. The number of benzene rings is 1. The Morgan fingerprint density at radius 1 is 0.958 bits per heavy atom. The highest BCUT2D eigenvalue weighted by atomic mass is 19.1. The monoisotopic (exact) mass is 319 g/mol. The van der Waals surface area contributed by atoms with E-state index >= 15 is 0 Å². The van der Waals surface area contributed by atoms with Crippen molar-refractivity contribution >= 4 is 6.08 Å². The second-order valence-electron chi connectivity index (χ2n) is 6.43. The number of nitrogens with zero attached hydrogens (tertiary/aromatic N) is 3. The van der Waals surface area contributed by atoms with Gasteiger partial charge in [-0.05, 0) is 30.4 Å². The fourth-order valence-electron chi connectivity index (χ4n) is 3.91. The minimum absolute atomic E-state index is 0.112. The van der Waals surface area contributed by atoms with Gasteiger partial charge in [-0.25, -0.2) is 0 Å². The molecular formula is C19H14FN3O. The zero-order valence-electron chi connectivity index (χ0n) is 12.8. The third-order valence-corrected chi connectivity index (χ3v) is 4.95. The summed E-state index contributed by atoms with van der Waals surface area (Å²) in [7, 11) is 0. The molecule has 0 saturated heterocycles. The SMILES string of the molecule is OC1=Cc2c(F)nnc3c4c(nc(c2-4)C1)CC(c1ccccc1)C3. The average Bonchev–Trinajstić information content (AvgIpc) is 2.90. The number of aromatic nitrogens is 3. The molecule has 0 radical (unpaired) electrons. The third kappa shape index (κ3) is 1.87. The molecule has 0 saturated carbocycles. The quantitative estimate of drug-likeness (QED) is 0.746. The molecule has 1 atom stereocenters. The first-order valence-electron chi connectivity index (χ1n) is 8.01. The van der Waals surface area contributed by atoms with Crippen molar-refractivity contribution in [3.63, 3.8) is 0 Å². The molecule has 1 unspecified atom stereocenters. The molecule has 1 aromatic rings. The number of halogens is 1. The maximum absolute atomic E-state index is 14.4. The molecular weight excluding hydrogens is 305 g/mol. The van der Waals surface area contributed by atoms with E-state index in [2.05, 4.69) is 22.3 Å². The largest absolute Gasteiger partial charge is 0.512 e. The topological polar surface area (TPSA) is 58.9 Å². The molecule has 118 valence electrons. The van der Waals surface area contributed by atoms with Crippen molar-refractivity contribution in [1.29, 1.82) is 0 Å². The van der Waals surface area contributed by atoms with Gasteiger partial charge in [-0.3, -0.25) is 4.98 Å². The molecule has 0 aromatic heterocycles. The highest BCUT2D eigenvalue weighted by Gasteiger charge is 2.34. The molecule has 2 aliphatic carbocycles. The molecule has 4 nitrogen and oxygen atoms in total. The van der Waals surface area contributed by atoms with Crippen molar-refractivity contribution in [2.75, 3.05) is 0 Å². The van der Waals surface area contributed by atoms with Crippen LogP contribution in [0.15, 0.2) is 36.1 Å². The predicted octanol–water partition coefficient (Wildman–Crippen LogP) is 3.45. The van der Waals surface area contributed by atoms with Crippen LogP contribution in [0.25, 0.3) is 17.2 Å². The third-order valence-electron chi connectivity index (χ3n) is 4.95. The minimum atomic E-state index is -0.657. The van der Waals surface area contributed by atoms with Crippen LogP contribution in [0.5, 0.6) is 0 Å². The molecule has 1 aromatic carbocycles. The van der Waals surface area contributed by atoms with Gasteiger partial charge in [0, 0.05) is 23.1 Å². The second-order valence-corrected chi connectivity index (χ2v) is 6.43. The zero-order chi connectivity index (χ0) is 16.3. The van der Waals surface area contributed by atoms with E-state index in [0.29, 0.717) is 12.0 Å². The Bertz CT molecular complexity index is 968. The van der Waals surface area contributed by atoms with Gasteiger partial charge in [-0.1, -0.05) is 30.3 Å². The first-order valence-corrected chi connectivity index (χ1v) is 8.01. The first kappa shape index (κ1) is 13.6. The Morgan fingerprint density at radius 2 is 1.75 bits per heavy atom. The number of hydrogen-bond donors (Lipinski definition) is 1. The molecule has 4 aliphatic rings. The van der Waals surface area contributed by atoms with Crippen molar-refractivity contribution in [2.24, 2.45) is 0 Å². The van der Waals surface area contributed by atoms with E-state index in [0.717, 1.165) is 41.1 Å². The Kier molecular flexibility index (Phi) is 2.74. The molecule has 24 heavy (non-hydrogen) atoms. The number of allylic oxidation sites excluding steroid dienone is 1. The second kappa shape index (κ2) is 4.84. The van der Waals surface area contributed by atoms with Crippen LogP contribution in [-0.4, -0.2) is 20.3 Å². The molecule has 2 heterocycles. The van der Waals surface area contributed by atoms with Gasteiger partial charge in [0.15, 0.2) is 0 Å². The Hall–Kier alpha value is -2.82. The van der Waals surface area contributed by atoms with Crippen LogP contribution in [0.3, 0.4) is 0 Å². The van der Waals surface area contributed by atoms with Gasteiger partial charge in [0.25, 0.3) is 0 Å². The van der Waals surface area contributed by atoms with E-state index < -0.39 is 5.95 Å². The molecule has 1 N–H and O–H groups in total. The van der Waals surface area contributed by atoms with Crippen LogP contribution in [0.1, 0.15) is 34.1 Å². The Labute approximate surface area is 138 Å². The summed E-state index contributed by atoms with van der Waals surface area (Å²) < 4.78 is 14.4. The molecule has 0 amide bonds. The number of aliphatic hydroxyl groups is 1. The standard InChI is InChI=1S/C19H14FN3O/c20-19-13-8-12(24)9-15-17(13)18-14(21-15)6-11(7-16(18)22-23-19)10-4-2-1-3-5-10/h1-5,8,11,24H,6-7,9H2. The normalized spacial score (nSPS) is 18.5. The summed E-state index contributed by atoms with van der Waals surface area (Å²) in [6, 6.07) is 10.2. The maximum atomic E-state index is 14.4. The van der Waals surface area contributed by atoms with Crippen LogP contribution in [0.4, 0.5) is 4.39 Å². The van der Waals surface area contributed by atoms with E-state index in [1.54, 1.807) is 0 Å². The summed E-state index contributed by atoms with van der Waals surface area (Å²) in [5.41, 5.74) is 5.68. The summed E-state index contributed by atoms with van der Waals surface area (Å²) in [6.45, 7) is 0. The molecule has 0 fully saturated rings. The van der Waals surface area contributed by atoms with E-state index in [9.17, 15) is 9.50 Å². The van der Waals surface area contributed by atoms with E-state index in [1.165, 1.54) is 11.6 Å². The van der Waals surface area contributed by atoms with Gasteiger partial charge in [-0.15, -0.1) is 5.10 Å². The highest BCUT2D eigenvalue weighted by Crippen LogP contribution is 2.44. The number of rotatable bonds is 1. The first-order chi connectivity index (χ1) is 11.7. The molecule has 0 bridgehead atoms. The number of hydrogen-bond acceptors (Lipinski definition) is 4. The summed E-state index contributed by atoms with van der Waals surface area (Å²) in [5, 5.41) is 17.8. The predicted molar refractivity (Wildman–Crippen MR) is 87.3 cm³/mol. The highest BCUT2D eigenvalue weighted by molar-refractivity contribution is 5.84. The van der Waals surface area contributed by atoms with Gasteiger partial charge in [0.2, 0.25) is 5.95 Å². The summed E-state index contributed by atoms with van der Waals surface area (Å²) in [6.07, 6.45) is 3.29. The minimum Gasteiger partial charge on any atom is -0.512 e. The van der Waals surface area contributed by atoms with E-state index in [1.807, 2.05) is 18.2 Å². The van der Waals surface area contributed by atoms with E-state index in [4.69, 9.17) is 4.98 Å². The zero-order valence-corrected chi connectivity index (χ0v) is 12.8. The van der Waals surface area contributed by atoms with Gasteiger partial charge < -0.3 is 5.11 Å². The van der Waals surface area contributed by atoms with Crippen LogP contribution >= 0.6 is 0 Å². The molecule has 5 rings (SSSR count). The van der Waals surface area contributed by atoms with Gasteiger partial charge in [0.1, 0.15) is 0 Å². The van der Waals surface area contributed by atoms with E-state index in [-0.39, 0.29) is 11.7 Å². The summed E-state index contributed by atoms with van der Waals surface area (Å²) in [4.78, 5) is 4.71. The molecule has 0 spiro atoms. The van der Waals surface area contributed by atoms with Crippen molar-refractivity contribution in [2.45, 2.75) is 25.2 Å². The fraction of sp³-hybridized carbons (Fsp3) is 0.211. The number of aliphatic hydroxyl groups excluding tert-OH is 1. The van der Waals surface area contributed by atoms with Crippen molar-refractivity contribution in [1.82, 2.24) is 15.2 Å². The summed E-state index contributed by atoms with van der Waals surface area (Å²) in [5.74, 6) is -0.285. The maximum Gasteiger partial charge on any atom is 0.241 e. The van der Waals surface area contributed by atoms with Crippen LogP contribution < -0.4 is 0 Å². The lowest BCUT2D eigenvalue weighted by Crippen LogP contribution is -2.14. The smallest absolute Gasteiger partial charge is 0.241 e. The Morgan fingerprint density at radius 3 is 2.58 bits per heavy atom. The van der Waals surface area contributed by atoms with Gasteiger partial charge >= 0.3 is 0 Å². The van der Waals surface area contributed by atoms with Crippen LogP contribution in [0.2, 0.25) is 0 Å².